The van der Waals surface area contributed by atoms with E-state index in [2.05, 4.69) is 4.72 Å². The molecule has 0 aliphatic heterocycles. The zero-order chi connectivity index (χ0) is 17.9. The summed E-state index contributed by atoms with van der Waals surface area (Å²) in [7, 11) is -3.70. The predicted molar refractivity (Wildman–Crippen MR) is 97.0 cm³/mol. The van der Waals surface area contributed by atoms with Crippen molar-refractivity contribution in [3.05, 3.63) is 90.2 Å². The molecule has 1 unspecified atom stereocenters. The maximum absolute atomic E-state index is 13.0. The standard InChI is InChI=1S/C20H18FNO2S/c1-15(22-25(23,24)20-13-11-19(21)12-14-20)16-7-9-18(10-8-16)17-5-3-2-4-6-17/h2-15,22H,1H3. The Morgan fingerprint density at radius 2 is 1.36 bits per heavy atom. The molecule has 128 valence electrons. The largest absolute Gasteiger partial charge is 0.241 e. The Kier molecular flexibility index (Phi) is 4.97. The van der Waals surface area contributed by atoms with E-state index in [1.807, 2.05) is 54.6 Å². The van der Waals surface area contributed by atoms with E-state index in [1.165, 1.54) is 12.1 Å². The molecule has 0 amide bonds. The van der Waals surface area contributed by atoms with E-state index in [-0.39, 0.29) is 4.90 Å². The van der Waals surface area contributed by atoms with Crippen LogP contribution >= 0.6 is 0 Å². The van der Waals surface area contributed by atoms with Gasteiger partial charge in [0.25, 0.3) is 0 Å². The lowest BCUT2D eigenvalue weighted by Crippen LogP contribution is -2.26. The van der Waals surface area contributed by atoms with E-state index in [4.69, 9.17) is 0 Å². The molecule has 1 atom stereocenters. The highest BCUT2D eigenvalue weighted by atomic mass is 32.2. The van der Waals surface area contributed by atoms with Gasteiger partial charge in [0.15, 0.2) is 0 Å². The first kappa shape index (κ1) is 17.3. The van der Waals surface area contributed by atoms with Gasteiger partial charge in [0.2, 0.25) is 10.0 Å². The van der Waals surface area contributed by atoms with Crippen molar-refractivity contribution in [2.75, 3.05) is 0 Å². The molecule has 25 heavy (non-hydrogen) atoms. The molecule has 0 heterocycles. The van der Waals surface area contributed by atoms with Crippen LogP contribution in [0.4, 0.5) is 4.39 Å². The molecule has 0 bridgehead atoms. The highest BCUT2D eigenvalue weighted by Crippen LogP contribution is 2.23. The Hall–Kier alpha value is -2.50. The second-order valence-electron chi connectivity index (χ2n) is 5.78. The van der Waals surface area contributed by atoms with Gasteiger partial charge in [-0.2, -0.15) is 0 Å². The monoisotopic (exact) mass is 355 g/mol. The molecule has 0 radical (unpaired) electrons. The summed E-state index contributed by atoms with van der Waals surface area (Å²) >= 11 is 0. The summed E-state index contributed by atoms with van der Waals surface area (Å²) in [5.41, 5.74) is 3.02. The van der Waals surface area contributed by atoms with Crippen LogP contribution in [0.3, 0.4) is 0 Å². The third-order valence-corrected chi connectivity index (χ3v) is 5.53. The van der Waals surface area contributed by atoms with Crippen molar-refractivity contribution in [3.63, 3.8) is 0 Å². The van der Waals surface area contributed by atoms with E-state index < -0.39 is 21.9 Å². The number of rotatable bonds is 5. The Bertz CT molecular complexity index is 937. The molecular formula is C20H18FNO2S. The fourth-order valence-electron chi connectivity index (χ4n) is 2.58. The van der Waals surface area contributed by atoms with Crippen molar-refractivity contribution < 1.29 is 12.8 Å². The van der Waals surface area contributed by atoms with Crippen LogP contribution in [-0.2, 0) is 10.0 Å². The maximum Gasteiger partial charge on any atom is 0.241 e. The maximum atomic E-state index is 13.0. The number of halogens is 1. The molecule has 0 fully saturated rings. The van der Waals surface area contributed by atoms with Crippen molar-refractivity contribution >= 4 is 10.0 Å². The smallest absolute Gasteiger partial charge is 0.207 e. The fourth-order valence-corrected chi connectivity index (χ4v) is 3.81. The predicted octanol–water partition coefficient (Wildman–Crippen LogP) is 4.53. The zero-order valence-electron chi connectivity index (χ0n) is 13.7. The first-order chi connectivity index (χ1) is 12.0. The Morgan fingerprint density at radius 1 is 0.800 bits per heavy atom. The number of benzene rings is 3. The SMILES string of the molecule is CC(NS(=O)(=O)c1ccc(F)cc1)c1ccc(-c2ccccc2)cc1. The van der Waals surface area contributed by atoms with Crippen LogP contribution in [0.15, 0.2) is 83.8 Å². The minimum atomic E-state index is -3.70. The average molecular weight is 355 g/mol. The van der Waals surface area contributed by atoms with Crippen LogP contribution in [0.25, 0.3) is 11.1 Å². The van der Waals surface area contributed by atoms with Crippen LogP contribution in [0.1, 0.15) is 18.5 Å². The van der Waals surface area contributed by atoms with Gasteiger partial charge < -0.3 is 0 Å². The van der Waals surface area contributed by atoms with Crippen molar-refractivity contribution in [2.24, 2.45) is 0 Å². The molecule has 3 nitrogen and oxygen atoms in total. The van der Waals surface area contributed by atoms with E-state index in [1.54, 1.807) is 6.92 Å². The minimum Gasteiger partial charge on any atom is -0.207 e. The van der Waals surface area contributed by atoms with Gasteiger partial charge in [-0.1, -0.05) is 54.6 Å². The van der Waals surface area contributed by atoms with Gasteiger partial charge >= 0.3 is 0 Å². The average Bonchev–Trinajstić information content (AvgIpc) is 2.62. The van der Waals surface area contributed by atoms with Crippen LogP contribution in [-0.4, -0.2) is 8.42 Å². The van der Waals surface area contributed by atoms with Gasteiger partial charge in [0.05, 0.1) is 4.90 Å². The molecule has 5 heteroatoms. The van der Waals surface area contributed by atoms with Crippen LogP contribution in [0.5, 0.6) is 0 Å². The summed E-state index contributed by atoms with van der Waals surface area (Å²) in [5.74, 6) is -0.469. The fraction of sp³-hybridized carbons (Fsp3) is 0.100. The molecule has 0 saturated carbocycles. The second kappa shape index (κ2) is 7.17. The van der Waals surface area contributed by atoms with Crippen LogP contribution < -0.4 is 4.72 Å². The molecule has 3 rings (SSSR count). The number of hydrogen-bond donors (Lipinski definition) is 1. The highest BCUT2D eigenvalue weighted by Gasteiger charge is 2.18. The Balaban J connectivity index is 1.77. The van der Waals surface area contributed by atoms with Gasteiger partial charge in [-0.25, -0.2) is 17.5 Å². The molecule has 0 spiro atoms. The molecule has 0 aromatic heterocycles. The van der Waals surface area contributed by atoms with Gasteiger partial charge in [-0.15, -0.1) is 0 Å². The molecule has 0 aliphatic carbocycles. The van der Waals surface area contributed by atoms with E-state index in [0.717, 1.165) is 28.8 Å². The van der Waals surface area contributed by atoms with Crippen molar-refractivity contribution in [1.29, 1.82) is 0 Å². The van der Waals surface area contributed by atoms with E-state index in [9.17, 15) is 12.8 Å². The lowest BCUT2D eigenvalue weighted by Gasteiger charge is -2.15. The van der Waals surface area contributed by atoms with Crippen molar-refractivity contribution in [3.8, 4) is 11.1 Å². The van der Waals surface area contributed by atoms with E-state index >= 15 is 0 Å². The van der Waals surface area contributed by atoms with Gasteiger partial charge in [0, 0.05) is 6.04 Å². The molecule has 1 N–H and O–H groups in total. The first-order valence-corrected chi connectivity index (χ1v) is 9.37. The summed E-state index contributed by atoms with van der Waals surface area (Å²) in [5, 5.41) is 0. The zero-order valence-corrected chi connectivity index (χ0v) is 14.5. The number of sulfonamides is 1. The first-order valence-electron chi connectivity index (χ1n) is 7.89. The van der Waals surface area contributed by atoms with Gasteiger partial charge in [0.1, 0.15) is 5.82 Å². The third kappa shape index (κ3) is 4.13. The third-order valence-electron chi connectivity index (χ3n) is 3.97. The molecule has 0 aliphatic rings. The molecule has 3 aromatic carbocycles. The minimum absolute atomic E-state index is 0.0432. The van der Waals surface area contributed by atoms with Crippen LogP contribution in [0.2, 0.25) is 0 Å². The van der Waals surface area contributed by atoms with Gasteiger partial charge in [-0.05, 0) is 47.9 Å². The summed E-state index contributed by atoms with van der Waals surface area (Å²) in [6, 6.07) is 22.1. The summed E-state index contributed by atoms with van der Waals surface area (Å²) in [6.07, 6.45) is 0. The number of hydrogen-bond acceptors (Lipinski definition) is 2. The lowest BCUT2D eigenvalue weighted by molar-refractivity contribution is 0.566. The Morgan fingerprint density at radius 3 is 1.96 bits per heavy atom. The topological polar surface area (TPSA) is 46.2 Å². The summed E-state index contributed by atoms with van der Waals surface area (Å²) in [6.45, 7) is 1.78. The van der Waals surface area contributed by atoms with Crippen molar-refractivity contribution in [2.45, 2.75) is 17.9 Å². The normalized spacial score (nSPS) is 12.7. The van der Waals surface area contributed by atoms with E-state index in [0.29, 0.717) is 0 Å². The highest BCUT2D eigenvalue weighted by molar-refractivity contribution is 7.89. The number of nitrogens with one attached hydrogen (secondary N) is 1. The molecular weight excluding hydrogens is 337 g/mol. The summed E-state index contributed by atoms with van der Waals surface area (Å²) < 4.78 is 40.3. The Labute approximate surface area is 147 Å². The van der Waals surface area contributed by atoms with Crippen molar-refractivity contribution in [1.82, 2.24) is 4.72 Å². The molecule has 3 aromatic rings. The lowest BCUT2D eigenvalue weighted by atomic mass is 10.0. The second-order valence-corrected chi connectivity index (χ2v) is 7.50. The van der Waals surface area contributed by atoms with Crippen LogP contribution in [0, 0.1) is 5.82 Å². The van der Waals surface area contributed by atoms with Gasteiger partial charge in [-0.3, -0.25) is 0 Å². The summed E-state index contributed by atoms with van der Waals surface area (Å²) in [4.78, 5) is 0.0432. The molecule has 0 saturated heterocycles. The quantitative estimate of drug-likeness (QED) is 0.731.